The second kappa shape index (κ2) is 6.22. The molecule has 0 amide bonds. The number of hydrogen-bond donors (Lipinski definition) is 0. The number of rotatable bonds is 3. The summed E-state index contributed by atoms with van der Waals surface area (Å²) in [5, 5.41) is 1.71. The van der Waals surface area contributed by atoms with Crippen molar-refractivity contribution in [3.63, 3.8) is 0 Å². The Bertz CT molecular complexity index is 790. The van der Waals surface area contributed by atoms with Gasteiger partial charge in [0, 0.05) is 11.5 Å². The minimum Gasteiger partial charge on any atom is -0.376 e. The molecule has 23 heavy (non-hydrogen) atoms. The van der Waals surface area contributed by atoms with Gasteiger partial charge in [-0.2, -0.15) is 0 Å². The van der Waals surface area contributed by atoms with E-state index in [4.69, 9.17) is 9.72 Å². The maximum Gasteiger partial charge on any atom is 0.263 e. The lowest BCUT2D eigenvalue weighted by molar-refractivity contribution is 0.0937. The standard InChI is InChI=1S/C17H22N2O2S2/c1-10-5-6-12-13(8-10)23-15-14(12)16(20)19(17(18-15)22-2)9-11-4-3-7-21-11/h10-11H,3-9H2,1-2H3/t10-,11-/m1/s1. The molecule has 0 unspecified atom stereocenters. The highest BCUT2D eigenvalue weighted by atomic mass is 32.2. The molecule has 0 radical (unpaired) electrons. The van der Waals surface area contributed by atoms with E-state index in [9.17, 15) is 4.79 Å². The molecule has 1 aliphatic heterocycles. The largest absolute Gasteiger partial charge is 0.376 e. The van der Waals surface area contributed by atoms with Crippen molar-refractivity contribution in [3.8, 4) is 0 Å². The summed E-state index contributed by atoms with van der Waals surface area (Å²) in [6.45, 7) is 3.75. The Labute approximate surface area is 144 Å². The van der Waals surface area contributed by atoms with Gasteiger partial charge in [0.2, 0.25) is 0 Å². The Kier molecular flexibility index (Phi) is 4.24. The molecule has 2 aromatic rings. The first-order valence-electron chi connectivity index (χ1n) is 8.38. The van der Waals surface area contributed by atoms with E-state index in [1.54, 1.807) is 23.1 Å². The molecule has 1 aliphatic carbocycles. The zero-order chi connectivity index (χ0) is 16.0. The van der Waals surface area contributed by atoms with Crippen molar-refractivity contribution in [2.45, 2.75) is 56.8 Å². The second-order valence-electron chi connectivity index (χ2n) is 6.68. The van der Waals surface area contributed by atoms with Gasteiger partial charge in [0.15, 0.2) is 5.16 Å². The first-order chi connectivity index (χ1) is 11.2. The topological polar surface area (TPSA) is 44.1 Å². The lowest BCUT2D eigenvalue weighted by Crippen LogP contribution is -2.29. The number of aryl methyl sites for hydroxylation is 1. The molecule has 3 heterocycles. The average molecular weight is 351 g/mol. The molecule has 2 aromatic heterocycles. The summed E-state index contributed by atoms with van der Waals surface area (Å²) < 4.78 is 7.59. The SMILES string of the molecule is CSc1nc2sc3c(c2c(=O)n1C[C@H]1CCCO1)CC[C@@H](C)C3. The molecule has 4 nitrogen and oxygen atoms in total. The maximum atomic E-state index is 13.2. The number of thiophene rings is 1. The quantitative estimate of drug-likeness (QED) is 0.628. The van der Waals surface area contributed by atoms with Gasteiger partial charge in [-0.25, -0.2) is 4.98 Å². The molecule has 0 bridgehead atoms. The van der Waals surface area contributed by atoms with Gasteiger partial charge >= 0.3 is 0 Å². The van der Waals surface area contributed by atoms with Crippen molar-refractivity contribution < 1.29 is 4.74 Å². The van der Waals surface area contributed by atoms with E-state index in [1.165, 1.54) is 16.9 Å². The summed E-state index contributed by atoms with van der Waals surface area (Å²) in [6.07, 6.45) is 7.57. The van der Waals surface area contributed by atoms with E-state index < -0.39 is 0 Å². The molecule has 0 saturated carbocycles. The van der Waals surface area contributed by atoms with Crippen LogP contribution in [0, 0.1) is 5.92 Å². The van der Waals surface area contributed by atoms with Crippen LogP contribution in [0.25, 0.3) is 10.2 Å². The summed E-state index contributed by atoms with van der Waals surface area (Å²) in [4.78, 5) is 20.3. The van der Waals surface area contributed by atoms with Crippen molar-refractivity contribution in [2.24, 2.45) is 5.92 Å². The lowest BCUT2D eigenvalue weighted by atomic mass is 9.89. The number of ether oxygens (including phenoxy) is 1. The third-order valence-corrected chi connectivity index (χ3v) is 6.80. The number of aromatic nitrogens is 2. The van der Waals surface area contributed by atoms with Gasteiger partial charge < -0.3 is 4.74 Å². The molecule has 124 valence electrons. The van der Waals surface area contributed by atoms with Crippen molar-refractivity contribution >= 4 is 33.3 Å². The van der Waals surface area contributed by atoms with Crippen LogP contribution in [0.2, 0.25) is 0 Å². The zero-order valence-corrected chi connectivity index (χ0v) is 15.3. The highest BCUT2D eigenvalue weighted by Crippen LogP contribution is 2.36. The smallest absolute Gasteiger partial charge is 0.263 e. The van der Waals surface area contributed by atoms with E-state index in [1.807, 2.05) is 10.8 Å². The molecule has 0 aromatic carbocycles. The Hall–Kier alpha value is -0.850. The minimum atomic E-state index is 0.141. The minimum absolute atomic E-state index is 0.141. The van der Waals surface area contributed by atoms with Crippen molar-refractivity contribution in [1.82, 2.24) is 9.55 Å². The molecule has 2 atom stereocenters. The number of nitrogens with zero attached hydrogens (tertiary/aromatic N) is 2. The lowest BCUT2D eigenvalue weighted by Gasteiger charge is -2.18. The van der Waals surface area contributed by atoms with E-state index in [2.05, 4.69) is 6.92 Å². The van der Waals surface area contributed by atoms with Crippen molar-refractivity contribution in [1.29, 1.82) is 0 Å². The zero-order valence-electron chi connectivity index (χ0n) is 13.6. The van der Waals surface area contributed by atoms with Gasteiger partial charge in [0.1, 0.15) is 4.83 Å². The number of thioether (sulfide) groups is 1. The first kappa shape index (κ1) is 15.7. The first-order valence-corrected chi connectivity index (χ1v) is 10.4. The normalized spacial score (nSPS) is 24.3. The van der Waals surface area contributed by atoms with Crippen LogP contribution in [-0.2, 0) is 24.1 Å². The molecule has 6 heteroatoms. The van der Waals surface area contributed by atoms with Crippen LogP contribution >= 0.6 is 23.1 Å². The molecule has 1 fully saturated rings. The van der Waals surface area contributed by atoms with Crippen LogP contribution in [0.1, 0.15) is 36.6 Å². The van der Waals surface area contributed by atoms with Crippen LogP contribution in [0.15, 0.2) is 9.95 Å². The Morgan fingerprint density at radius 1 is 1.43 bits per heavy atom. The summed E-state index contributed by atoms with van der Waals surface area (Å²) in [5.74, 6) is 0.713. The van der Waals surface area contributed by atoms with Crippen molar-refractivity contribution in [3.05, 3.63) is 20.8 Å². The molecule has 0 spiro atoms. The van der Waals surface area contributed by atoms with Crippen molar-refractivity contribution in [2.75, 3.05) is 12.9 Å². The van der Waals surface area contributed by atoms with Gasteiger partial charge in [-0.05, 0) is 49.8 Å². The number of fused-ring (bicyclic) bond motifs is 3. The molecule has 0 N–H and O–H groups in total. The monoisotopic (exact) mass is 350 g/mol. The Morgan fingerprint density at radius 2 is 2.30 bits per heavy atom. The van der Waals surface area contributed by atoms with Gasteiger partial charge in [-0.15, -0.1) is 11.3 Å². The van der Waals surface area contributed by atoms with Crippen LogP contribution in [0.4, 0.5) is 0 Å². The van der Waals surface area contributed by atoms with Gasteiger partial charge in [-0.1, -0.05) is 18.7 Å². The summed E-state index contributed by atoms with van der Waals surface area (Å²) >= 11 is 3.29. The summed E-state index contributed by atoms with van der Waals surface area (Å²) in [7, 11) is 0. The number of hydrogen-bond acceptors (Lipinski definition) is 5. The molecule has 1 saturated heterocycles. The fourth-order valence-corrected chi connectivity index (χ4v) is 5.70. The molecular weight excluding hydrogens is 328 g/mol. The Morgan fingerprint density at radius 3 is 3.04 bits per heavy atom. The highest BCUT2D eigenvalue weighted by Gasteiger charge is 2.26. The van der Waals surface area contributed by atoms with E-state index >= 15 is 0 Å². The molecule has 2 aliphatic rings. The molecule has 4 rings (SSSR count). The van der Waals surface area contributed by atoms with Gasteiger partial charge in [0.25, 0.3) is 5.56 Å². The summed E-state index contributed by atoms with van der Waals surface area (Å²) in [5.41, 5.74) is 1.41. The predicted octanol–water partition coefficient (Wildman–Crippen LogP) is 3.48. The Balaban J connectivity index is 1.85. The van der Waals surface area contributed by atoms with E-state index in [-0.39, 0.29) is 11.7 Å². The average Bonchev–Trinajstić information content (AvgIpc) is 3.16. The van der Waals surface area contributed by atoms with E-state index in [0.717, 1.165) is 47.7 Å². The third-order valence-electron chi connectivity index (χ3n) is 4.97. The summed E-state index contributed by atoms with van der Waals surface area (Å²) in [6, 6.07) is 0. The molecular formula is C17H22N2O2S2. The third kappa shape index (κ3) is 2.75. The van der Waals surface area contributed by atoms with Crippen LogP contribution in [0.5, 0.6) is 0 Å². The fraction of sp³-hybridized carbons (Fsp3) is 0.647. The van der Waals surface area contributed by atoms with Crippen LogP contribution in [0.3, 0.4) is 0 Å². The van der Waals surface area contributed by atoms with Gasteiger partial charge in [0.05, 0.1) is 18.0 Å². The highest BCUT2D eigenvalue weighted by molar-refractivity contribution is 7.98. The van der Waals surface area contributed by atoms with E-state index in [0.29, 0.717) is 12.5 Å². The second-order valence-corrected chi connectivity index (χ2v) is 8.54. The van der Waals surface area contributed by atoms with Crippen LogP contribution in [-0.4, -0.2) is 28.5 Å². The maximum absolute atomic E-state index is 13.2. The predicted molar refractivity (Wildman–Crippen MR) is 95.8 cm³/mol. The van der Waals surface area contributed by atoms with Crippen LogP contribution < -0.4 is 5.56 Å². The van der Waals surface area contributed by atoms with Gasteiger partial charge in [-0.3, -0.25) is 9.36 Å². The fourth-order valence-electron chi connectivity index (χ4n) is 3.71.